The standard InChI is InChI=1S/C24H26F3N2O6PS2/c1-2-3-4-5-6-11-34-19-9-7-17-12-23(37-22(17)14-19)38(32,33)29-16-36(30,31)35-20-10-8-18(15-28)21(13-20)24(25,26)27/h7-10,12-14,29H,2-6,11,16H2,1H3,(H,30,31). The van der Waals surface area contributed by atoms with Gasteiger partial charge in [-0.15, -0.1) is 11.3 Å². The fourth-order valence-electron chi connectivity index (χ4n) is 3.45. The molecule has 0 amide bonds. The monoisotopic (exact) mass is 590 g/mol. The minimum Gasteiger partial charge on any atom is -0.494 e. The van der Waals surface area contributed by atoms with Gasteiger partial charge < -0.3 is 14.2 Å². The molecule has 206 valence electrons. The summed E-state index contributed by atoms with van der Waals surface area (Å²) >= 11 is 0.934. The molecule has 1 atom stereocenters. The smallest absolute Gasteiger partial charge is 0.417 e. The van der Waals surface area contributed by atoms with Gasteiger partial charge in [-0.2, -0.15) is 23.2 Å². The molecule has 0 bridgehead atoms. The molecular weight excluding hydrogens is 564 g/mol. The van der Waals surface area contributed by atoms with Crippen molar-refractivity contribution in [1.82, 2.24) is 4.72 Å². The summed E-state index contributed by atoms with van der Waals surface area (Å²) in [7, 11) is -8.99. The summed E-state index contributed by atoms with van der Waals surface area (Å²) in [4.78, 5) is 10.1. The summed E-state index contributed by atoms with van der Waals surface area (Å²) in [5.41, 5.74) is -2.04. The van der Waals surface area contributed by atoms with Crippen LogP contribution in [0.1, 0.15) is 50.2 Å². The second-order valence-corrected chi connectivity index (χ2v) is 13.2. The minimum absolute atomic E-state index is 0.123. The molecule has 0 radical (unpaired) electrons. The van der Waals surface area contributed by atoms with Crippen molar-refractivity contribution < 1.29 is 40.3 Å². The lowest BCUT2D eigenvalue weighted by Crippen LogP contribution is -2.25. The molecule has 1 unspecified atom stereocenters. The Balaban J connectivity index is 1.65. The van der Waals surface area contributed by atoms with Crippen LogP contribution in [0.5, 0.6) is 11.5 Å². The van der Waals surface area contributed by atoms with Crippen LogP contribution in [0.25, 0.3) is 10.1 Å². The van der Waals surface area contributed by atoms with E-state index in [2.05, 4.69) is 6.92 Å². The van der Waals surface area contributed by atoms with Gasteiger partial charge in [0.25, 0.3) is 10.0 Å². The molecule has 0 saturated carbocycles. The number of hydrogen-bond donors (Lipinski definition) is 2. The highest BCUT2D eigenvalue weighted by Gasteiger charge is 2.35. The first-order valence-electron chi connectivity index (χ1n) is 11.6. The molecular formula is C24H26F3N2O6PS2. The number of nitriles is 1. The molecule has 38 heavy (non-hydrogen) atoms. The van der Waals surface area contributed by atoms with Crippen LogP contribution in [0.3, 0.4) is 0 Å². The number of nitrogens with one attached hydrogen (secondary N) is 1. The van der Waals surface area contributed by atoms with Crippen molar-refractivity contribution in [3.05, 3.63) is 53.6 Å². The van der Waals surface area contributed by atoms with Crippen molar-refractivity contribution in [3.8, 4) is 17.6 Å². The summed E-state index contributed by atoms with van der Waals surface area (Å²) in [6, 6.07) is 10.1. The van der Waals surface area contributed by atoms with E-state index in [4.69, 9.17) is 14.5 Å². The maximum Gasteiger partial charge on any atom is 0.417 e. The van der Waals surface area contributed by atoms with E-state index in [9.17, 15) is 31.0 Å². The predicted octanol–water partition coefficient (Wildman–Crippen LogP) is 6.64. The fraction of sp³-hybridized carbons (Fsp3) is 0.375. The molecule has 3 rings (SSSR count). The van der Waals surface area contributed by atoms with Crippen LogP contribution in [0.4, 0.5) is 13.2 Å². The number of ether oxygens (including phenoxy) is 1. The average molecular weight is 591 g/mol. The van der Waals surface area contributed by atoms with Crippen LogP contribution >= 0.6 is 18.9 Å². The zero-order chi connectivity index (χ0) is 28.0. The van der Waals surface area contributed by atoms with E-state index in [0.29, 0.717) is 28.5 Å². The first kappa shape index (κ1) is 29.9. The van der Waals surface area contributed by atoms with Crippen molar-refractivity contribution in [2.24, 2.45) is 0 Å². The van der Waals surface area contributed by atoms with E-state index in [0.717, 1.165) is 49.2 Å². The van der Waals surface area contributed by atoms with E-state index in [1.807, 2.05) is 4.72 Å². The Morgan fingerprint density at radius 3 is 2.47 bits per heavy atom. The zero-order valence-electron chi connectivity index (χ0n) is 20.3. The molecule has 0 aliphatic rings. The van der Waals surface area contributed by atoms with Crippen molar-refractivity contribution in [2.45, 2.75) is 49.4 Å². The number of nitrogens with zero attached hydrogens (tertiary/aromatic N) is 1. The van der Waals surface area contributed by atoms with Gasteiger partial charge in [-0.1, -0.05) is 32.6 Å². The highest BCUT2D eigenvalue weighted by atomic mass is 32.2. The number of rotatable bonds is 13. The quantitative estimate of drug-likeness (QED) is 0.169. The Morgan fingerprint density at radius 2 is 1.79 bits per heavy atom. The summed E-state index contributed by atoms with van der Waals surface area (Å²) in [6.45, 7) is 2.68. The van der Waals surface area contributed by atoms with E-state index >= 15 is 0 Å². The molecule has 0 aliphatic heterocycles. The molecule has 0 aliphatic carbocycles. The lowest BCUT2D eigenvalue weighted by Gasteiger charge is -2.16. The van der Waals surface area contributed by atoms with Crippen molar-refractivity contribution in [2.75, 3.05) is 12.9 Å². The van der Waals surface area contributed by atoms with Gasteiger partial charge in [-0.25, -0.2) is 13.0 Å². The molecule has 8 nitrogen and oxygen atoms in total. The Hall–Kier alpha value is -2.62. The molecule has 2 aromatic carbocycles. The normalized spacial score (nSPS) is 13.7. The zero-order valence-corrected chi connectivity index (χ0v) is 22.9. The number of benzene rings is 2. The van der Waals surface area contributed by atoms with Crippen molar-refractivity contribution in [3.63, 3.8) is 0 Å². The summed E-state index contributed by atoms with van der Waals surface area (Å²) in [6.07, 6.45) is -0.529. The average Bonchev–Trinajstić information content (AvgIpc) is 3.29. The third kappa shape index (κ3) is 8.19. The third-order valence-electron chi connectivity index (χ3n) is 5.37. The number of thiophene rings is 1. The number of unbranched alkanes of at least 4 members (excludes halogenated alkanes) is 4. The van der Waals surface area contributed by atoms with Gasteiger partial charge in [0.05, 0.1) is 23.8 Å². The molecule has 3 aromatic rings. The first-order valence-corrected chi connectivity index (χ1v) is 15.7. The van der Waals surface area contributed by atoms with Crippen molar-refractivity contribution >= 4 is 39.0 Å². The van der Waals surface area contributed by atoms with Crippen molar-refractivity contribution in [1.29, 1.82) is 5.26 Å². The van der Waals surface area contributed by atoms with Crippen LogP contribution in [-0.2, 0) is 20.8 Å². The molecule has 1 heterocycles. The largest absolute Gasteiger partial charge is 0.494 e. The fourth-order valence-corrected chi connectivity index (χ4v) is 7.42. The summed E-state index contributed by atoms with van der Waals surface area (Å²) in [5, 5.41) is 9.48. The number of halogens is 3. The van der Waals surface area contributed by atoms with Crippen LogP contribution in [0, 0.1) is 11.3 Å². The van der Waals surface area contributed by atoms with Gasteiger partial charge >= 0.3 is 13.8 Å². The van der Waals surface area contributed by atoms with E-state index in [1.54, 1.807) is 18.2 Å². The number of alkyl halides is 3. The number of hydrogen-bond acceptors (Lipinski definition) is 7. The number of sulfonamides is 1. The first-order chi connectivity index (χ1) is 17.8. The second kappa shape index (κ2) is 12.5. The summed E-state index contributed by atoms with van der Waals surface area (Å²) in [5.74, 6) is -0.0400. The molecule has 2 N–H and O–H groups in total. The minimum atomic E-state index is -4.90. The molecule has 0 fully saturated rings. The number of fused-ring (bicyclic) bond motifs is 1. The van der Waals surface area contributed by atoms with E-state index in [1.165, 1.54) is 18.6 Å². The Bertz CT molecular complexity index is 1470. The van der Waals surface area contributed by atoms with Gasteiger partial charge in [0, 0.05) is 4.70 Å². The predicted molar refractivity (Wildman–Crippen MR) is 138 cm³/mol. The van der Waals surface area contributed by atoms with Crippen LogP contribution < -0.4 is 14.0 Å². The van der Waals surface area contributed by atoms with Gasteiger partial charge in [0.2, 0.25) is 0 Å². The van der Waals surface area contributed by atoms with Gasteiger partial charge in [0.1, 0.15) is 22.0 Å². The Kier molecular flexibility index (Phi) is 9.84. The highest BCUT2D eigenvalue weighted by Crippen LogP contribution is 2.44. The second-order valence-electron chi connectivity index (χ2n) is 8.38. The molecule has 1 aromatic heterocycles. The molecule has 0 saturated heterocycles. The van der Waals surface area contributed by atoms with Gasteiger partial charge in [0.15, 0.2) is 0 Å². The topological polar surface area (TPSA) is 126 Å². The summed E-state index contributed by atoms with van der Waals surface area (Å²) < 4.78 is 90.3. The van der Waals surface area contributed by atoms with Crippen LogP contribution in [-0.4, -0.2) is 26.2 Å². The van der Waals surface area contributed by atoms with E-state index in [-0.39, 0.29) is 4.21 Å². The van der Waals surface area contributed by atoms with E-state index < -0.39 is 47.0 Å². The maximum atomic E-state index is 13.1. The molecule has 14 heteroatoms. The van der Waals surface area contributed by atoms with Crippen LogP contribution in [0.15, 0.2) is 46.7 Å². The van der Waals surface area contributed by atoms with Gasteiger partial charge in [-0.3, -0.25) is 0 Å². The Morgan fingerprint density at radius 1 is 1.08 bits per heavy atom. The lowest BCUT2D eigenvalue weighted by molar-refractivity contribution is -0.137. The van der Waals surface area contributed by atoms with Gasteiger partial charge in [-0.05, 0) is 54.3 Å². The van der Waals surface area contributed by atoms with Crippen LogP contribution in [0.2, 0.25) is 0 Å². The Labute approximate surface area is 222 Å². The lowest BCUT2D eigenvalue weighted by atomic mass is 10.1. The SMILES string of the molecule is CCCCCCCOc1ccc2cc(S(=O)(=O)NCP(=O)(O)Oc3ccc(C#N)c(C(F)(F)F)c3)sc2c1. The highest BCUT2D eigenvalue weighted by molar-refractivity contribution is 7.92. The molecule has 0 spiro atoms. The maximum absolute atomic E-state index is 13.1. The third-order valence-corrected chi connectivity index (χ3v) is 9.61.